The summed E-state index contributed by atoms with van der Waals surface area (Å²) >= 11 is 0. The standard InChI is InChI=1S/C29H31F2N7O5/c1-14-32-25(33-26(40)42-28(2,3)4)36-38(14)23-21-20-18(24(39)35-34-21)12-17(31)13-19(20)37(27(41)43-29(5,6)7)22(23)15-8-10-16(30)11-9-15/h8-13,22-23H,1-7H3,(H,35,39)(H,33,36,40). The van der Waals surface area contributed by atoms with Crippen molar-refractivity contribution >= 4 is 34.6 Å². The van der Waals surface area contributed by atoms with Crippen LogP contribution >= 0.6 is 0 Å². The first-order valence-electron chi connectivity index (χ1n) is 13.4. The number of nitrogens with zero attached hydrogens (tertiary/aromatic N) is 5. The van der Waals surface area contributed by atoms with Gasteiger partial charge in [-0.05, 0) is 78.3 Å². The van der Waals surface area contributed by atoms with Gasteiger partial charge in [0.05, 0.1) is 22.8 Å². The Morgan fingerprint density at radius 2 is 1.60 bits per heavy atom. The number of H-pyrrole nitrogens is 1. The van der Waals surface area contributed by atoms with E-state index in [4.69, 9.17) is 9.47 Å². The van der Waals surface area contributed by atoms with E-state index in [-0.39, 0.29) is 28.1 Å². The molecule has 0 saturated carbocycles. The fourth-order valence-electron chi connectivity index (χ4n) is 4.99. The Bertz CT molecular complexity index is 1790. The number of amides is 2. The number of halogens is 2. The van der Waals surface area contributed by atoms with E-state index in [2.05, 4.69) is 25.6 Å². The molecule has 1 aliphatic rings. The highest BCUT2D eigenvalue weighted by molar-refractivity contribution is 6.05. The van der Waals surface area contributed by atoms with Crippen molar-refractivity contribution in [1.29, 1.82) is 0 Å². The van der Waals surface area contributed by atoms with E-state index < -0.39 is 52.7 Å². The molecule has 0 aliphatic carbocycles. The number of aromatic nitrogens is 5. The first-order chi connectivity index (χ1) is 20.0. The van der Waals surface area contributed by atoms with Gasteiger partial charge in [-0.2, -0.15) is 10.1 Å². The van der Waals surface area contributed by atoms with Gasteiger partial charge < -0.3 is 9.47 Å². The van der Waals surface area contributed by atoms with Gasteiger partial charge in [0.15, 0.2) is 0 Å². The van der Waals surface area contributed by atoms with Crippen molar-refractivity contribution in [3.8, 4) is 0 Å². The number of carbonyl (C=O) groups excluding carboxylic acids is 2. The number of aromatic amines is 1. The lowest BCUT2D eigenvalue weighted by atomic mass is 9.87. The van der Waals surface area contributed by atoms with Crippen molar-refractivity contribution < 1.29 is 27.8 Å². The number of nitrogens with one attached hydrogen (secondary N) is 2. The largest absolute Gasteiger partial charge is 0.444 e. The van der Waals surface area contributed by atoms with Crippen LogP contribution in [0, 0.1) is 18.6 Å². The van der Waals surface area contributed by atoms with Gasteiger partial charge in [0.25, 0.3) is 11.5 Å². The number of rotatable bonds is 3. The summed E-state index contributed by atoms with van der Waals surface area (Å²) < 4.78 is 41.6. The number of carbonyl (C=O) groups is 2. The second-order valence-electron chi connectivity index (χ2n) is 12.1. The van der Waals surface area contributed by atoms with E-state index in [0.29, 0.717) is 11.4 Å². The van der Waals surface area contributed by atoms with Crippen molar-refractivity contribution in [2.45, 2.75) is 71.8 Å². The lowest BCUT2D eigenvalue weighted by Crippen LogP contribution is -2.46. The highest BCUT2D eigenvalue weighted by atomic mass is 19.1. The molecule has 1 aliphatic heterocycles. The molecule has 2 unspecified atom stereocenters. The number of anilines is 2. The molecule has 2 atom stereocenters. The summed E-state index contributed by atoms with van der Waals surface area (Å²) in [5.74, 6) is -1.09. The molecule has 43 heavy (non-hydrogen) atoms. The van der Waals surface area contributed by atoms with Crippen molar-refractivity contribution in [2.75, 3.05) is 10.2 Å². The third-order valence-corrected chi connectivity index (χ3v) is 6.46. The van der Waals surface area contributed by atoms with Gasteiger partial charge in [0.2, 0.25) is 0 Å². The second-order valence-corrected chi connectivity index (χ2v) is 12.1. The Balaban J connectivity index is 1.78. The number of hydrogen-bond acceptors (Lipinski definition) is 8. The smallest absolute Gasteiger partial charge is 0.415 e. The molecule has 0 fully saturated rings. The highest BCUT2D eigenvalue weighted by Gasteiger charge is 2.45. The molecule has 5 rings (SSSR count). The van der Waals surface area contributed by atoms with Crippen molar-refractivity contribution in [3.05, 3.63) is 75.5 Å². The van der Waals surface area contributed by atoms with Crippen LogP contribution in [-0.4, -0.2) is 48.4 Å². The molecule has 12 nitrogen and oxygen atoms in total. The monoisotopic (exact) mass is 595 g/mol. The predicted molar refractivity (Wildman–Crippen MR) is 153 cm³/mol. The maximum atomic E-state index is 15.0. The van der Waals surface area contributed by atoms with Gasteiger partial charge in [-0.1, -0.05) is 12.1 Å². The van der Waals surface area contributed by atoms with Gasteiger partial charge in [-0.3, -0.25) is 15.0 Å². The number of aryl methyl sites for hydroxylation is 1. The SMILES string of the molecule is Cc1nc(NC(=O)OC(C)(C)C)nn1C1c2n[nH]c(=O)c3cc(F)cc(c23)N(C(=O)OC(C)(C)C)C1c1ccc(F)cc1. The van der Waals surface area contributed by atoms with Crippen molar-refractivity contribution in [3.63, 3.8) is 0 Å². The Morgan fingerprint density at radius 3 is 2.23 bits per heavy atom. The molecule has 2 amide bonds. The lowest BCUT2D eigenvalue weighted by molar-refractivity contribution is 0.0553. The van der Waals surface area contributed by atoms with Crippen LogP contribution in [0.2, 0.25) is 0 Å². The minimum Gasteiger partial charge on any atom is -0.444 e. The Hall–Kier alpha value is -4.88. The molecular weight excluding hydrogens is 564 g/mol. The zero-order valence-electron chi connectivity index (χ0n) is 24.7. The molecule has 0 spiro atoms. The fraction of sp³-hybridized carbons (Fsp3) is 0.379. The van der Waals surface area contributed by atoms with E-state index in [9.17, 15) is 18.8 Å². The predicted octanol–water partition coefficient (Wildman–Crippen LogP) is 5.53. The zero-order chi connectivity index (χ0) is 31.4. The first kappa shape index (κ1) is 29.6. The summed E-state index contributed by atoms with van der Waals surface area (Å²) in [5.41, 5.74) is -1.72. The minimum atomic E-state index is -1.05. The van der Waals surface area contributed by atoms with Gasteiger partial charge >= 0.3 is 12.2 Å². The third-order valence-electron chi connectivity index (χ3n) is 6.46. The zero-order valence-corrected chi connectivity index (χ0v) is 24.7. The van der Waals surface area contributed by atoms with E-state index in [1.54, 1.807) is 48.5 Å². The molecule has 0 radical (unpaired) electrons. The molecule has 2 aromatic carbocycles. The summed E-state index contributed by atoms with van der Waals surface area (Å²) in [5, 5.41) is 13.9. The normalized spacial score (nSPS) is 16.7. The van der Waals surface area contributed by atoms with E-state index in [0.717, 1.165) is 12.1 Å². The van der Waals surface area contributed by atoms with E-state index in [1.165, 1.54) is 33.8 Å². The van der Waals surface area contributed by atoms with Crippen molar-refractivity contribution in [1.82, 2.24) is 25.0 Å². The van der Waals surface area contributed by atoms with Crippen molar-refractivity contribution in [2.24, 2.45) is 0 Å². The molecule has 3 heterocycles. The van der Waals surface area contributed by atoms with Gasteiger partial charge in [-0.15, -0.1) is 5.10 Å². The van der Waals surface area contributed by atoms with Crippen LogP contribution in [0.1, 0.15) is 70.7 Å². The van der Waals surface area contributed by atoms with Crippen LogP contribution in [0.4, 0.5) is 30.0 Å². The molecular formula is C29H31F2N7O5. The van der Waals surface area contributed by atoms with Gasteiger partial charge in [-0.25, -0.2) is 28.2 Å². The Morgan fingerprint density at radius 1 is 0.953 bits per heavy atom. The average molecular weight is 596 g/mol. The maximum Gasteiger partial charge on any atom is 0.415 e. The second kappa shape index (κ2) is 10.4. The third kappa shape index (κ3) is 5.90. The van der Waals surface area contributed by atoms with E-state index in [1.807, 2.05) is 0 Å². The van der Waals surface area contributed by atoms with Crippen LogP contribution in [0.25, 0.3) is 10.8 Å². The van der Waals surface area contributed by atoms with Crippen LogP contribution in [0.5, 0.6) is 0 Å². The topological polar surface area (TPSA) is 144 Å². The first-order valence-corrected chi connectivity index (χ1v) is 13.4. The number of ether oxygens (including phenoxy) is 2. The fourth-order valence-corrected chi connectivity index (χ4v) is 4.99. The van der Waals surface area contributed by atoms with Crippen LogP contribution in [0.3, 0.4) is 0 Å². The molecule has 14 heteroatoms. The quantitative estimate of drug-likeness (QED) is 0.314. The summed E-state index contributed by atoms with van der Waals surface area (Å²) in [7, 11) is 0. The van der Waals surface area contributed by atoms with Crippen LogP contribution < -0.4 is 15.8 Å². The van der Waals surface area contributed by atoms with Gasteiger partial charge in [0.1, 0.15) is 34.7 Å². The molecule has 226 valence electrons. The Kier molecular flexibility index (Phi) is 7.19. The minimum absolute atomic E-state index is 0.0355. The molecule has 2 N–H and O–H groups in total. The van der Waals surface area contributed by atoms with Gasteiger partial charge in [0, 0.05) is 5.39 Å². The summed E-state index contributed by atoms with van der Waals surface area (Å²) in [6.45, 7) is 11.8. The summed E-state index contributed by atoms with van der Waals surface area (Å²) in [6, 6.07) is 5.49. The number of hydrogen-bond donors (Lipinski definition) is 2. The number of benzene rings is 2. The summed E-state index contributed by atoms with van der Waals surface area (Å²) in [6.07, 6.45) is -1.64. The molecule has 0 saturated heterocycles. The van der Waals surface area contributed by atoms with Crippen LogP contribution in [-0.2, 0) is 9.47 Å². The van der Waals surface area contributed by atoms with E-state index >= 15 is 4.39 Å². The highest BCUT2D eigenvalue weighted by Crippen LogP contribution is 2.49. The molecule has 4 aromatic rings. The van der Waals surface area contributed by atoms with Crippen LogP contribution in [0.15, 0.2) is 41.2 Å². The molecule has 2 aromatic heterocycles. The maximum absolute atomic E-state index is 15.0. The summed E-state index contributed by atoms with van der Waals surface area (Å²) in [4.78, 5) is 44.9. The lowest BCUT2D eigenvalue weighted by Gasteiger charge is -2.42. The Labute approximate surface area is 245 Å². The average Bonchev–Trinajstić information content (AvgIpc) is 3.22. The molecule has 0 bridgehead atoms.